The first-order valence-electron chi connectivity index (χ1n) is 9.28. The molecule has 0 aliphatic carbocycles. The van der Waals surface area contributed by atoms with E-state index in [0.29, 0.717) is 5.02 Å². The third kappa shape index (κ3) is 5.38. The summed E-state index contributed by atoms with van der Waals surface area (Å²) in [6.45, 7) is 3.53. The van der Waals surface area contributed by atoms with Gasteiger partial charge < -0.3 is 13.9 Å². The van der Waals surface area contributed by atoms with E-state index < -0.39 is 35.5 Å². The number of alkyl halides is 3. The number of hydrogen-bond donors (Lipinski definition) is 0. The molecule has 31 heavy (non-hydrogen) atoms. The standard InChI is InChI=1S/C22H18ClF3O5/c1-12(2)10-30-18(27)11-29-15-7-8-16-17(9-15)31-21(22(24,25)26)19(20(16)28)13-3-5-14(23)6-4-13/h3-9,12H,10-11H2,1-2H3. The summed E-state index contributed by atoms with van der Waals surface area (Å²) in [5.74, 6) is -1.84. The molecule has 1 aromatic heterocycles. The molecule has 0 amide bonds. The fraction of sp³-hybridized carbons (Fsp3) is 0.273. The Balaban J connectivity index is 2.00. The lowest BCUT2D eigenvalue weighted by atomic mass is 10.0. The number of ether oxygens (including phenoxy) is 2. The van der Waals surface area contributed by atoms with Crippen LogP contribution in [0, 0.1) is 5.92 Å². The predicted octanol–water partition coefficient (Wildman–Crippen LogP) is 5.71. The Hall–Kier alpha value is -3.00. The molecule has 0 aliphatic heterocycles. The minimum atomic E-state index is -4.92. The van der Waals surface area contributed by atoms with Crippen LogP contribution in [-0.4, -0.2) is 19.2 Å². The van der Waals surface area contributed by atoms with Crippen LogP contribution in [-0.2, 0) is 15.7 Å². The maximum Gasteiger partial charge on any atom is 0.450 e. The van der Waals surface area contributed by atoms with E-state index in [-0.39, 0.29) is 34.8 Å². The van der Waals surface area contributed by atoms with Gasteiger partial charge in [0, 0.05) is 11.1 Å². The molecule has 1 heterocycles. The van der Waals surface area contributed by atoms with E-state index in [0.717, 1.165) is 6.07 Å². The summed E-state index contributed by atoms with van der Waals surface area (Å²) in [5.41, 5.74) is -1.75. The topological polar surface area (TPSA) is 65.7 Å². The zero-order chi connectivity index (χ0) is 22.8. The largest absolute Gasteiger partial charge is 0.482 e. The average molecular weight is 455 g/mol. The summed E-state index contributed by atoms with van der Waals surface area (Å²) < 4.78 is 56.4. The number of fused-ring (bicyclic) bond motifs is 1. The zero-order valence-corrected chi connectivity index (χ0v) is 17.3. The smallest absolute Gasteiger partial charge is 0.450 e. The molecule has 2 aromatic carbocycles. The Labute approximate surface area is 180 Å². The Morgan fingerprint density at radius 3 is 2.42 bits per heavy atom. The van der Waals surface area contributed by atoms with Crippen molar-refractivity contribution in [2.45, 2.75) is 20.0 Å². The highest BCUT2D eigenvalue weighted by Gasteiger charge is 2.39. The van der Waals surface area contributed by atoms with E-state index >= 15 is 0 Å². The van der Waals surface area contributed by atoms with Crippen LogP contribution in [0.1, 0.15) is 19.6 Å². The van der Waals surface area contributed by atoms with E-state index in [4.69, 9.17) is 25.5 Å². The summed E-state index contributed by atoms with van der Waals surface area (Å²) in [7, 11) is 0. The van der Waals surface area contributed by atoms with Gasteiger partial charge in [-0.25, -0.2) is 4.79 Å². The third-order valence-electron chi connectivity index (χ3n) is 4.19. The van der Waals surface area contributed by atoms with E-state index in [1.807, 2.05) is 13.8 Å². The number of esters is 1. The number of carbonyl (C=O) groups excluding carboxylic acids is 1. The van der Waals surface area contributed by atoms with E-state index in [1.165, 1.54) is 36.4 Å². The van der Waals surface area contributed by atoms with Gasteiger partial charge in [0.2, 0.25) is 11.2 Å². The summed E-state index contributed by atoms with van der Waals surface area (Å²) in [6, 6.07) is 9.19. The van der Waals surface area contributed by atoms with Gasteiger partial charge in [-0.1, -0.05) is 37.6 Å². The molecule has 0 fully saturated rings. The molecule has 0 unspecified atom stereocenters. The van der Waals surface area contributed by atoms with Crippen molar-refractivity contribution in [3.05, 3.63) is 63.5 Å². The second-order valence-corrected chi connectivity index (χ2v) is 7.60. The van der Waals surface area contributed by atoms with Gasteiger partial charge >= 0.3 is 12.1 Å². The van der Waals surface area contributed by atoms with Crippen molar-refractivity contribution in [3.63, 3.8) is 0 Å². The first-order valence-corrected chi connectivity index (χ1v) is 9.66. The second kappa shape index (κ2) is 9.01. The van der Waals surface area contributed by atoms with Crippen molar-refractivity contribution in [2.75, 3.05) is 13.2 Å². The van der Waals surface area contributed by atoms with Crippen molar-refractivity contribution in [1.29, 1.82) is 0 Å². The van der Waals surface area contributed by atoms with Crippen molar-refractivity contribution in [1.82, 2.24) is 0 Å². The summed E-state index contributed by atoms with van der Waals surface area (Å²) in [6.07, 6.45) is -4.92. The second-order valence-electron chi connectivity index (χ2n) is 7.16. The lowest BCUT2D eigenvalue weighted by Gasteiger charge is -2.13. The van der Waals surface area contributed by atoms with Crippen LogP contribution in [0.5, 0.6) is 5.75 Å². The Morgan fingerprint density at radius 1 is 1.13 bits per heavy atom. The number of carbonyl (C=O) groups is 1. The summed E-state index contributed by atoms with van der Waals surface area (Å²) in [4.78, 5) is 24.6. The van der Waals surface area contributed by atoms with E-state index in [1.54, 1.807) is 0 Å². The monoisotopic (exact) mass is 454 g/mol. The molecule has 0 bridgehead atoms. The van der Waals surface area contributed by atoms with Crippen LogP contribution in [0.3, 0.4) is 0 Å². The molecule has 0 atom stereocenters. The van der Waals surface area contributed by atoms with Crippen LogP contribution in [0.2, 0.25) is 5.02 Å². The van der Waals surface area contributed by atoms with Crippen LogP contribution in [0.25, 0.3) is 22.1 Å². The van der Waals surface area contributed by atoms with Crippen LogP contribution in [0.4, 0.5) is 13.2 Å². The van der Waals surface area contributed by atoms with Gasteiger partial charge in [-0.2, -0.15) is 13.2 Å². The maximum atomic E-state index is 13.7. The summed E-state index contributed by atoms with van der Waals surface area (Å²) >= 11 is 5.80. The first-order chi connectivity index (χ1) is 14.6. The lowest BCUT2D eigenvalue weighted by Crippen LogP contribution is -2.18. The minimum absolute atomic E-state index is 0.0283. The van der Waals surface area contributed by atoms with E-state index in [2.05, 4.69) is 0 Å². The zero-order valence-electron chi connectivity index (χ0n) is 16.6. The quantitative estimate of drug-likeness (QED) is 0.446. The number of halogens is 4. The predicted molar refractivity (Wildman–Crippen MR) is 109 cm³/mol. The normalized spacial score (nSPS) is 11.7. The number of rotatable bonds is 6. The van der Waals surface area contributed by atoms with Gasteiger partial charge in [-0.3, -0.25) is 4.79 Å². The molecule has 0 spiro atoms. The third-order valence-corrected chi connectivity index (χ3v) is 4.44. The van der Waals surface area contributed by atoms with Crippen molar-refractivity contribution < 1.29 is 31.9 Å². The highest BCUT2D eigenvalue weighted by molar-refractivity contribution is 6.30. The molecule has 3 aromatic rings. The highest BCUT2D eigenvalue weighted by Crippen LogP contribution is 2.38. The molecule has 0 aliphatic rings. The van der Waals surface area contributed by atoms with Gasteiger partial charge in [0.05, 0.1) is 17.6 Å². The first kappa shape index (κ1) is 22.7. The lowest BCUT2D eigenvalue weighted by molar-refractivity contribution is -0.152. The van der Waals surface area contributed by atoms with Crippen molar-refractivity contribution >= 4 is 28.5 Å². The SMILES string of the molecule is CC(C)COC(=O)COc1ccc2c(=O)c(-c3ccc(Cl)cc3)c(C(F)(F)F)oc2c1. The van der Waals surface area contributed by atoms with Gasteiger partial charge in [-0.15, -0.1) is 0 Å². The molecular weight excluding hydrogens is 437 g/mol. The van der Waals surface area contributed by atoms with E-state index in [9.17, 15) is 22.8 Å². The minimum Gasteiger partial charge on any atom is -0.482 e. The van der Waals surface area contributed by atoms with Gasteiger partial charge in [0.25, 0.3) is 0 Å². The van der Waals surface area contributed by atoms with Gasteiger partial charge in [0.1, 0.15) is 11.3 Å². The highest BCUT2D eigenvalue weighted by atomic mass is 35.5. The molecule has 9 heteroatoms. The number of hydrogen-bond acceptors (Lipinski definition) is 5. The molecular formula is C22H18ClF3O5. The van der Waals surface area contributed by atoms with Crippen LogP contribution in [0.15, 0.2) is 51.7 Å². The molecule has 0 N–H and O–H groups in total. The molecule has 0 saturated heterocycles. The molecule has 0 saturated carbocycles. The van der Waals surface area contributed by atoms with Gasteiger partial charge in [0.15, 0.2) is 6.61 Å². The molecule has 164 valence electrons. The number of benzene rings is 2. The Bertz CT molecular complexity index is 1150. The van der Waals surface area contributed by atoms with Crippen LogP contribution >= 0.6 is 11.6 Å². The van der Waals surface area contributed by atoms with Gasteiger partial charge in [-0.05, 0) is 35.7 Å². The maximum absolute atomic E-state index is 13.7. The fourth-order valence-corrected chi connectivity index (χ4v) is 2.91. The van der Waals surface area contributed by atoms with Crippen molar-refractivity contribution in [2.24, 2.45) is 5.92 Å². The van der Waals surface area contributed by atoms with Crippen molar-refractivity contribution in [3.8, 4) is 16.9 Å². The fourth-order valence-electron chi connectivity index (χ4n) is 2.79. The Morgan fingerprint density at radius 2 is 1.81 bits per heavy atom. The Kier molecular flexibility index (Phi) is 6.59. The molecule has 5 nitrogen and oxygen atoms in total. The average Bonchev–Trinajstić information content (AvgIpc) is 2.70. The molecule has 0 radical (unpaired) electrons. The van der Waals surface area contributed by atoms with Crippen LogP contribution < -0.4 is 10.2 Å². The molecule has 3 rings (SSSR count). The summed E-state index contributed by atoms with van der Waals surface area (Å²) in [5, 5.41) is 0.254.